The van der Waals surface area contributed by atoms with Crippen LogP contribution in [0.1, 0.15) is 25.7 Å². The van der Waals surface area contributed by atoms with E-state index in [1.165, 1.54) is 0 Å². The molecule has 1 aliphatic carbocycles. The molecule has 128 valence electrons. The largest absolute Gasteiger partial charge is 0.392 e. The third kappa shape index (κ3) is 4.41. The lowest BCUT2D eigenvalue weighted by Crippen LogP contribution is -2.51. The Morgan fingerprint density at radius 3 is 2.27 bits per heavy atom. The third-order valence-electron chi connectivity index (χ3n) is 5.12. The summed E-state index contributed by atoms with van der Waals surface area (Å²) in [5.41, 5.74) is 0. The Labute approximate surface area is 133 Å². The molecule has 7 heteroatoms. The van der Waals surface area contributed by atoms with Crippen molar-refractivity contribution < 1.29 is 18.3 Å². The molecule has 3 fully saturated rings. The smallest absolute Gasteiger partial charge is 0.214 e. The summed E-state index contributed by atoms with van der Waals surface area (Å²) in [6.45, 7) is 4.65. The highest BCUT2D eigenvalue weighted by Crippen LogP contribution is 2.33. The number of rotatable bonds is 6. The van der Waals surface area contributed by atoms with Gasteiger partial charge in [-0.05, 0) is 37.5 Å². The molecule has 3 aliphatic rings. The van der Waals surface area contributed by atoms with Gasteiger partial charge in [0.15, 0.2) is 0 Å². The number of aliphatic hydroxyl groups is 1. The number of sulfonamides is 1. The lowest BCUT2D eigenvalue weighted by Gasteiger charge is -2.35. The van der Waals surface area contributed by atoms with Gasteiger partial charge in [0.05, 0.1) is 11.9 Å². The van der Waals surface area contributed by atoms with Crippen molar-refractivity contribution in [3.05, 3.63) is 0 Å². The first-order valence-electron chi connectivity index (χ1n) is 8.50. The van der Waals surface area contributed by atoms with E-state index < -0.39 is 10.0 Å². The predicted octanol–water partition coefficient (Wildman–Crippen LogP) is 0.131. The second-order valence-corrected chi connectivity index (χ2v) is 8.95. The highest BCUT2D eigenvalue weighted by Gasteiger charge is 2.34. The van der Waals surface area contributed by atoms with E-state index >= 15 is 0 Å². The van der Waals surface area contributed by atoms with Crippen molar-refractivity contribution in [2.24, 2.45) is 11.8 Å². The molecule has 2 aliphatic heterocycles. The average molecular weight is 332 g/mol. The van der Waals surface area contributed by atoms with Crippen molar-refractivity contribution in [3.63, 3.8) is 0 Å². The van der Waals surface area contributed by atoms with Crippen molar-refractivity contribution in [2.75, 3.05) is 51.7 Å². The SMILES string of the molecule is O=S(=O)(CC1CCOCC1)N1CCN(CC(O)C2CC2)CC1. The minimum atomic E-state index is -3.15. The van der Waals surface area contributed by atoms with E-state index in [1.807, 2.05) is 0 Å². The molecule has 0 radical (unpaired) electrons. The maximum atomic E-state index is 12.5. The van der Waals surface area contributed by atoms with Crippen LogP contribution in [-0.4, -0.2) is 80.5 Å². The maximum Gasteiger partial charge on any atom is 0.214 e. The van der Waals surface area contributed by atoms with Crippen molar-refractivity contribution in [1.29, 1.82) is 0 Å². The lowest BCUT2D eigenvalue weighted by atomic mass is 10.0. The van der Waals surface area contributed by atoms with Gasteiger partial charge in [-0.2, -0.15) is 4.31 Å². The van der Waals surface area contributed by atoms with E-state index in [0.29, 0.717) is 38.8 Å². The van der Waals surface area contributed by atoms with Gasteiger partial charge in [-0.25, -0.2) is 8.42 Å². The first-order chi connectivity index (χ1) is 10.5. The molecular formula is C15H28N2O4S. The van der Waals surface area contributed by atoms with E-state index in [9.17, 15) is 13.5 Å². The molecule has 6 nitrogen and oxygen atoms in total. The van der Waals surface area contributed by atoms with Crippen LogP contribution in [0.2, 0.25) is 0 Å². The molecule has 0 bridgehead atoms. The minimum Gasteiger partial charge on any atom is -0.392 e. The van der Waals surface area contributed by atoms with E-state index in [4.69, 9.17) is 4.74 Å². The molecule has 1 N–H and O–H groups in total. The fourth-order valence-electron chi connectivity index (χ4n) is 3.40. The number of aliphatic hydroxyl groups excluding tert-OH is 1. The maximum absolute atomic E-state index is 12.5. The van der Waals surface area contributed by atoms with Crippen LogP contribution in [0.25, 0.3) is 0 Å². The summed E-state index contributed by atoms with van der Waals surface area (Å²) in [5, 5.41) is 10.00. The summed E-state index contributed by atoms with van der Waals surface area (Å²) in [6, 6.07) is 0. The van der Waals surface area contributed by atoms with Gasteiger partial charge in [0.1, 0.15) is 0 Å². The molecule has 1 unspecified atom stereocenters. The predicted molar refractivity (Wildman–Crippen MR) is 84.1 cm³/mol. The van der Waals surface area contributed by atoms with Gasteiger partial charge in [0, 0.05) is 45.9 Å². The zero-order valence-corrected chi connectivity index (χ0v) is 14.0. The molecule has 1 saturated carbocycles. The second-order valence-electron chi connectivity index (χ2n) is 6.94. The number of ether oxygens (including phenoxy) is 1. The van der Waals surface area contributed by atoms with Gasteiger partial charge >= 0.3 is 0 Å². The molecule has 0 spiro atoms. The Bertz CT molecular complexity index is 452. The third-order valence-corrected chi connectivity index (χ3v) is 7.17. The van der Waals surface area contributed by atoms with Crippen molar-refractivity contribution >= 4 is 10.0 Å². The second kappa shape index (κ2) is 7.13. The standard InChI is InChI=1S/C15H28N2O4S/c18-15(14-1-2-14)11-16-5-7-17(8-6-16)22(19,20)12-13-3-9-21-10-4-13/h13-15,18H,1-12H2. The van der Waals surface area contributed by atoms with Crippen LogP contribution in [0, 0.1) is 11.8 Å². The van der Waals surface area contributed by atoms with Crippen LogP contribution < -0.4 is 0 Å². The zero-order chi connectivity index (χ0) is 15.6. The minimum absolute atomic E-state index is 0.231. The summed E-state index contributed by atoms with van der Waals surface area (Å²) >= 11 is 0. The molecule has 0 aromatic rings. The molecule has 22 heavy (non-hydrogen) atoms. The summed E-state index contributed by atoms with van der Waals surface area (Å²) in [4.78, 5) is 2.20. The Hall–Kier alpha value is -0.210. The fourth-order valence-corrected chi connectivity index (χ4v) is 5.26. The molecule has 0 aromatic heterocycles. The molecule has 1 atom stereocenters. The average Bonchev–Trinajstić information content (AvgIpc) is 3.33. The first kappa shape index (κ1) is 16.6. The van der Waals surface area contributed by atoms with Crippen LogP contribution in [0.5, 0.6) is 0 Å². The molecular weight excluding hydrogens is 304 g/mol. The van der Waals surface area contributed by atoms with E-state index in [1.54, 1.807) is 4.31 Å². The summed E-state index contributed by atoms with van der Waals surface area (Å²) < 4.78 is 32.0. The van der Waals surface area contributed by atoms with E-state index in [0.717, 1.165) is 38.8 Å². The zero-order valence-electron chi connectivity index (χ0n) is 13.2. The van der Waals surface area contributed by atoms with Gasteiger partial charge in [-0.15, -0.1) is 0 Å². The van der Waals surface area contributed by atoms with Gasteiger partial charge in [-0.3, -0.25) is 4.90 Å². The summed E-state index contributed by atoms with van der Waals surface area (Å²) in [5.74, 6) is 0.991. The molecule has 0 aromatic carbocycles. The van der Waals surface area contributed by atoms with E-state index in [2.05, 4.69) is 4.90 Å². The van der Waals surface area contributed by atoms with Gasteiger partial charge < -0.3 is 9.84 Å². The van der Waals surface area contributed by atoms with Crippen LogP contribution in [-0.2, 0) is 14.8 Å². The van der Waals surface area contributed by atoms with Crippen molar-refractivity contribution in [1.82, 2.24) is 9.21 Å². The normalized spacial score (nSPS) is 27.9. The number of piperazine rings is 1. The number of β-amino-alcohol motifs (C(OH)–C–C–N with tert-alkyl or cyclic N) is 1. The quantitative estimate of drug-likeness (QED) is 0.749. The van der Waals surface area contributed by atoms with Crippen LogP contribution in [0.4, 0.5) is 0 Å². The summed E-state index contributed by atoms with van der Waals surface area (Å²) in [6.07, 6.45) is 3.76. The van der Waals surface area contributed by atoms with Crippen LogP contribution in [0.15, 0.2) is 0 Å². The fraction of sp³-hybridized carbons (Fsp3) is 1.00. The summed E-state index contributed by atoms with van der Waals surface area (Å²) in [7, 11) is -3.15. The van der Waals surface area contributed by atoms with Gasteiger partial charge in [0.2, 0.25) is 10.0 Å². The molecule has 0 amide bonds. The van der Waals surface area contributed by atoms with Crippen LogP contribution >= 0.6 is 0 Å². The molecule has 3 rings (SSSR count). The Morgan fingerprint density at radius 1 is 1.05 bits per heavy atom. The Kier molecular flexibility index (Phi) is 5.39. The van der Waals surface area contributed by atoms with Crippen molar-refractivity contribution in [3.8, 4) is 0 Å². The molecule has 2 heterocycles. The Balaban J connectivity index is 1.44. The van der Waals surface area contributed by atoms with Crippen molar-refractivity contribution in [2.45, 2.75) is 31.8 Å². The first-order valence-corrected chi connectivity index (χ1v) is 10.1. The Morgan fingerprint density at radius 2 is 1.68 bits per heavy atom. The number of nitrogens with zero attached hydrogens (tertiary/aromatic N) is 2. The number of hydrogen-bond acceptors (Lipinski definition) is 5. The van der Waals surface area contributed by atoms with Gasteiger partial charge in [-0.1, -0.05) is 0 Å². The number of hydrogen-bond donors (Lipinski definition) is 1. The van der Waals surface area contributed by atoms with Gasteiger partial charge in [0.25, 0.3) is 0 Å². The van der Waals surface area contributed by atoms with E-state index in [-0.39, 0.29) is 17.8 Å². The highest BCUT2D eigenvalue weighted by molar-refractivity contribution is 7.89. The van der Waals surface area contributed by atoms with Crippen LogP contribution in [0.3, 0.4) is 0 Å². The molecule has 2 saturated heterocycles. The lowest BCUT2D eigenvalue weighted by molar-refractivity contribution is 0.0707. The monoisotopic (exact) mass is 332 g/mol. The highest BCUT2D eigenvalue weighted by atomic mass is 32.2. The topological polar surface area (TPSA) is 70.1 Å².